The number of primary amides is 1. The van der Waals surface area contributed by atoms with Crippen molar-refractivity contribution in [3.63, 3.8) is 0 Å². The zero-order chi connectivity index (χ0) is 24.3. The highest BCUT2D eigenvalue weighted by atomic mass is 16.4. The second kappa shape index (κ2) is 12.9. The number of carboxylic acid groups (broad SMARTS) is 1. The van der Waals surface area contributed by atoms with E-state index >= 15 is 0 Å². The van der Waals surface area contributed by atoms with Crippen molar-refractivity contribution in [2.24, 2.45) is 11.5 Å². The van der Waals surface area contributed by atoms with Gasteiger partial charge in [-0.05, 0) is 24.1 Å². The summed E-state index contributed by atoms with van der Waals surface area (Å²) in [6.07, 6.45) is -0.176. The second-order valence-corrected chi connectivity index (χ2v) is 6.90. The number of phenols is 1. The third-order valence-electron chi connectivity index (χ3n) is 4.29. The van der Waals surface area contributed by atoms with Crippen molar-refractivity contribution in [3.05, 3.63) is 29.8 Å². The van der Waals surface area contributed by atoms with Crippen LogP contribution in [0.3, 0.4) is 0 Å². The standard InChI is InChI=1S/C19H27N5O8/c20-12(5-6-15(21)27)17(29)24-13(7-10-1-3-11(26)4-2-10)18(30)22-8-16(28)23-14(9-25)19(31)32/h1-4,12-14,25-26H,5-9,20H2,(H2,21,27)(H,22,30)(H,23,28)(H,24,29)(H,31,32). The van der Waals surface area contributed by atoms with Gasteiger partial charge in [0.2, 0.25) is 23.6 Å². The number of aliphatic hydroxyl groups is 1. The third kappa shape index (κ3) is 9.40. The molecule has 3 atom stereocenters. The van der Waals surface area contributed by atoms with Crippen LogP contribution in [0.15, 0.2) is 24.3 Å². The Hall–Kier alpha value is -3.71. The Morgan fingerprint density at radius 3 is 2.12 bits per heavy atom. The second-order valence-electron chi connectivity index (χ2n) is 6.90. The fourth-order valence-corrected chi connectivity index (χ4v) is 2.51. The zero-order valence-corrected chi connectivity index (χ0v) is 17.1. The van der Waals surface area contributed by atoms with E-state index in [1.165, 1.54) is 24.3 Å². The highest BCUT2D eigenvalue weighted by Crippen LogP contribution is 2.11. The molecule has 0 bridgehead atoms. The van der Waals surface area contributed by atoms with Gasteiger partial charge in [0.25, 0.3) is 0 Å². The summed E-state index contributed by atoms with van der Waals surface area (Å²) in [5, 5.41) is 33.9. The monoisotopic (exact) mass is 453 g/mol. The van der Waals surface area contributed by atoms with Crippen LogP contribution < -0.4 is 27.4 Å². The molecule has 13 heteroatoms. The number of carbonyl (C=O) groups is 5. The van der Waals surface area contributed by atoms with Gasteiger partial charge in [-0.3, -0.25) is 19.2 Å². The number of aliphatic carboxylic acids is 1. The molecule has 0 spiro atoms. The van der Waals surface area contributed by atoms with Gasteiger partial charge in [-0.25, -0.2) is 4.79 Å². The van der Waals surface area contributed by atoms with Gasteiger partial charge in [-0.2, -0.15) is 0 Å². The molecule has 32 heavy (non-hydrogen) atoms. The maximum atomic E-state index is 12.6. The first-order valence-corrected chi connectivity index (χ1v) is 9.56. The number of aliphatic hydroxyl groups excluding tert-OH is 1. The summed E-state index contributed by atoms with van der Waals surface area (Å²) in [4.78, 5) is 58.5. The number of benzene rings is 1. The van der Waals surface area contributed by atoms with Crippen LogP contribution in [0, 0.1) is 0 Å². The summed E-state index contributed by atoms with van der Waals surface area (Å²) in [6.45, 7) is -1.45. The molecule has 0 heterocycles. The van der Waals surface area contributed by atoms with Crippen molar-refractivity contribution in [1.82, 2.24) is 16.0 Å². The zero-order valence-electron chi connectivity index (χ0n) is 17.1. The number of carboxylic acids is 1. The van der Waals surface area contributed by atoms with E-state index in [9.17, 15) is 29.1 Å². The Kier molecular flexibility index (Phi) is 10.6. The number of carbonyl (C=O) groups excluding carboxylic acids is 4. The molecule has 0 radical (unpaired) electrons. The summed E-state index contributed by atoms with van der Waals surface area (Å²) in [7, 11) is 0. The van der Waals surface area contributed by atoms with Crippen molar-refractivity contribution in [3.8, 4) is 5.75 Å². The Morgan fingerprint density at radius 1 is 0.969 bits per heavy atom. The molecule has 0 saturated heterocycles. The molecular formula is C19H27N5O8. The maximum absolute atomic E-state index is 12.6. The number of hydrogen-bond donors (Lipinski definition) is 8. The van der Waals surface area contributed by atoms with Gasteiger partial charge >= 0.3 is 5.97 Å². The SMILES string of the molecule is NC(=O)CCC(N)C(=O)NC(Cc1ccc(O)cc1)C(=O)NCC(=O)NC(CO)C(=O)O. The molecule has 0 fully saturated rings. The summed E-state index contributed by atoms with van der Waals surface area (Å²) in [6, 6.07) is 2.02. The lowest BCUT2D eigenvalue weighted by molar-refractivity contribution is -0.142. The minimum absolute atomic E-state index is 0.000741. The largest absolute Gasteiger partial charge is 0.508 e. The van der Waals surface area contributed by atoms with Crippen LogP contribution in [0.1, 0.15) is 18.4 Å². The first-order chi connectivity index (χ1) is 15.0. The average Bonchev–Trinajstić information content (AvgIpc) is 2.74. The third-order valence-corrected chi connectivity index (χ3v) is 4.29. The molecule has 10 N–H and O–H groups in total. The number of nitrogens with one attached hydrogen (secondary N) is 3. The molecule has 1 aromatic rings. The number of phenolic OH excluding ortho intramolecular Hbond substituents is 1. The highest BCUT2D eigenvalue weighted by Gasteiger charge is 2.25. The number of amides is 4. The molecule has 1 aromatic carbocycles. The fourth-order valence-electron chi connectivity index (χ4n) is 2.51. The van der Waals surface area contributed by atoms with E-state index < -0.39 is 60.9 Å². The molecule has 13 nitrogen and oxygen atoms in total. The lowest BCUT2D eigenvalue weighted by atomic mass is 10.0. The molecule has 3 unspecified atom stereocenters. The lowest BCUT2D eigenvalue weighted by Crippen LogP contribution is -2.54. The molecule has 0 aliphatic heterocycles. The molecule has 1 rings (SSSR count). The van der Waals surface area contributed by atoms with Gasteiger partial charge in [0, 0.05) is 12.8 Å². The quantitative estimate of drug-likeness (QED) is 0.149. The van der Waals surface area contributed by atoms with Gasteiger partial charge in [-0.1, -0.05) is 12.1 Å². The molecule has 0 saturated carbocycles. The number of rotatable bonds is 13. The summed E-state index contributed by atoms with van der Waals surface area (Å²) in [5.41, 5.74) is 11.3. The van der Waals surface area contributed by atoms with E-state index in [4.69, 9.17) is 21.7 Å². The number of hydrogen-bond acceptors (Lipinski definition) is 8. The van der Waals surface area contributed by atoms with E-state index in [0.29, 0.717) is 5.56 Å². The van der Waals surface area contributed by atoms with Crippen LogP contribution in [0.4, 0.5) is 0 Å². The highest BCUT2D eigenvalue weighted by molar-refractivity contribution is 5.93. The van der Waals surface area contributed by atoms with Gasteiger partial charge < -0.3 is 42.7 Å². The van der Waals surface area contributed by atoms with Gasteiger partial charge in [0.15, 0.2) is 0 Å². The van der Waals surface area contributed by atoms with Crippen LogP contribution in [0.2, 0.25) is 0 Å². The van der Waals surface area contributed by atoms with Gasteiger partial charge in [0.05, 0.1) is 19.2 Å². The normalized spacial score (nSPS) is 13.3. The predicted molar refractivity (Wildman–Crippen MR) is 110 cm³/mol. The molecular weight excluding hydrogens is 426 g/mol. The topological polar surface area (TPSA) is 234 Å². The smallest absolute Gasteiger partial charge is 0.328 e. The first-order valence-electron chi connectivity index (χ1n) is 9.56. The van der Waals surface area contributed by atoms with E-state index in [1.54, 1.807) is 0 Å². The van der Waals surface area contributed by atoms with Crippen LogP contribution in [-0.2, 0) is 30.4 Å². The maximum Gasteiger partial charge on any atom is 0.328 e. The Morgan fingerprint density at radius 2 is 1.59 bits per heavy atom. The van der Waals surface area contributed by atoms with Crippen molar-refractivity contribution >= 4 is 29.6 Å². The van der Waals surface area contributed by atoms with E-state index in [2.05, 4.69) is 10.6 Å². The first kappa shape index (κ1) is 26.3. The predicted octanol–water partition coefficient (Wildman–Crippen LogP) is -3.31. The molecule has 4 amide bonds. The van der Waals surface area contributed by atoms with Crippen LogP contribution >= 0.6 is 0 Å². The molecule has 0 aliphatic carbocycles. The average molecular weight is 453 g/mol. The Labute approximate surface area is 183 Å². The Balaban J connectivity index is 2.82. The lowest BCUT2D eigenvalue weighted by Gasteiger charge is -2.21. The molecule has 0 aromatic heterocycles. The van der Waals surface area contributed by atoms with E-state index in [0.717, 1.165) is 0 Å². The fraction of sp³-hybridized carbons (Fsp3) is 0.421. The van der Waals surface area contributed by atoms with Gasteiger partial charge in [0.1, 0.15) is 17.8 Å². The van der Waals surface area contributed by atoms with Crippen LogP contribution in [0.25, 0.3) is 0 Å². The van der Waals surface area contributed by atoms with Crippen molar-refractivity contribution < 1.29 is 39.3 Å². The molecule has 176 valence electrons. The molecule has 0 aliphatic rings. The summed E-state index contributed by atoms with van der Waals surface area (Å²) < 4.78 is 0. The van der Waals surface area contributed by atoms with E-state index in [-0.39, 0.29) is 25.0 Å². The van der Waals surface area contributed by atoms with E-state index in [1.807, 2.05) is 5.32 Å². The van der Waals surface area contributed by atoms with Crippen LogP contribution in [0.5, 0.6) is 5.75 Å². The van der Waals surface area contributed by atoms with Gasteiger partial charge in [-0.15, -0.1) is 0 Å². The summed E-state index contributed by atoms with van der Waals surface area (Å²) >= 11 is 0. The van der Waals surface area contributed by atoms with Crippen molar-refractivity contribution in [2.45, 2.75) is 37.4 Å². The Bertz CT molecular complexity index is 830. The number of aromatic hydroxyl groups is 1. The van der Waals surface area contributed by atoms with Crippen LogP contribution in [-0.4, -0.2) is 76.2 Å². The van der Waals surface area contributed by atoms with Crippen molar-refractivity contribution in [2.75, 3.05) is 13.2 Å². The minimum Gasteiger partial charge on any atom is -0.508 e. The summed E-state index contributed by atoms with van der Waals surface area (Å²) in [5.74, 6) is -4.44. The minimum atomic E-state index is -1.53. The van der Waals surface area contributed by atoms with Crippen molar-refractivity contribution in [1.29, 1.82) is 0 Å². The number of nitrogens with two attached hydrogens (primary N) is 2.